The lowest BCUT2D eigenvalue weighted by molar-refractivity contribution is -0.131. The third-order valence-corrected chi connectivity index (χ3v) is 4.59. The molecule has 0 aliphatic carbocycles. The van der Waals surface area contributed by atoms with Crippen molar-refractivity contribution in [3.8, 4) is 17.1 Å². The maximum absolute atomic E-state index is 13.3. The molecule has 0 bridgehead atoms. The van der Waals surface area contributed by atoms with Crippen LogP contribution in [0.1, 0.15) is 20.7 Å². The number of carbonyl (C=O) groups excluding carboxylic acids is 2. The molecule has 0 saturated carbocycles. The van der Waals surface area contributed by atoms with E-state index in [0.717, 1.165) is 6.20 Å². The van der Waals surface area contributed by atoms with E-state index in [1.54, 1.807) is 0 Å². The first-order valence-corrected chi connectivity index (χ1v) is 8.38. The number of furan rings is 1. The number of nitrogens with one attached hydrogen (secondary N) is 2. The van der Waals surface area contributed by atoms with E-state index < -0.39 is 23.5 Å². The Bertz CT molecular complexity index is 1320. The lowest BCUT2D eigenvalue weighted by Gasteiger charge is -2.02. The number of ketones is 1. The number of H-pyrrole nitrogens is 1. The van der Waals surface area contributed by atoms with Gasteiger partial charge < -0.3 is 24.9 Å². The van der Waals surface area contributed by atoms with Gasteiger partial charge in [-0.3, -0.25) is 9.59 Å². The topological polar surface area (TPSA) is 133 Å². The van der Waals surface area contributed by atoms with E-state index in [4.69, 9.17) is 9.52 Å². The summed E-state index contributed by atoms with van der Waals surface area (Å²) in [5, 5.41) is 22.2. The van der Waals surface area contributed by atoms with Crippen molar-refractivity contribution in [2.45, 2.75) is 0 Å². The van der Waals surface area contributed by atoms with E-state index in [1.165, 1.54) is 37.4 Å². The number of Topliss-reactive ketones (excluding diaryl/α,β-unsaturated/α-hetero) is 1. The molecule has 8 nitrogen and oxygen atoms in total. The third kappa shape index (κ3) is 2.71. The van der Waals surface area contributed by atoms with E-state index >= 15 is 0 Å². The average Bonchev–Trinajstić information content (AvgIpc) is 3.29. The van der Waals surface area contributed by atoms with Crippen LogP contribution in [-0.4, -0.2) is 39.9 Å². The second-order valence-electron chi connectivity index (χ2n) is 6.25. The fourth-order valence-electron chi connectivity index (χ4n) is 3.29. The van der Waals surface area contributed by atoms with Crippen molar-refractivity contribution in [1.82, 2.24) is 10.3 Å². The number of amides is 1. The lowest BCUT2D eigenvalue weighted by Crippen LogP contribution is -2.18. The molecule has 0 radical (unpaired) electrons. The Morgan fingerprint density at radius 2 is 1.86 bits per heavy atom. The van der Waals surface area contributed by atoms with E-state index in [2.05, 4.69) is 10.3 Å². The van der Waals surface area contributed by atoms with Crippen molar-refractivity contribution in [1.29, 1.82) is 0 Å². The van der Waals surface area contributed by atoms with Gasteiger partial charge in [0.15, 0.2) is 0 Å². The molecular weight excluding hydrogens is 383 g/mol. The predicted molar refractivity (Wildman–Crippen MR) is 100 cm³/mol. The summed E-state index contributed by atoms with van der Waals surface area (Å²) < 4.78 is 19.2. The summed E-state index contributed by atoms with van der Waals surface area (Å²) in [6.45, 7) is 0. The molecule has 2 aromatic carbocycles. The van der Waals surface area contributed by atoms with Gasteiger partial charge in [0.2, 0.25) is 0 Å². The van der Waals surface area contributed by atoms with Crippen molar-refractivity contribution < 1.29 is 33.4 Å². The number of rotatable bonds is 4. The number of halogens is 1. The zero-order valence-electron chi connectivity index (χ0n) is 14.9. The Morgan fingerprint density at radius 1 is 1.17 bits per heavy atom. The number of hydrogen-bond donors (Lipinski definition) is 4. The molecule has 0 atom stereocenters. The minimum absolute atomic E-state index is 0.0333. The van der Waals surface area contributed by atoms with Crippen molar-refractivity contribution in [3.05, 3.63) is 53.5 Å². The molecule has 1 amide bonds. The zero-order valence-corrected chi connectivity index (χ0v) is 14.9. The number of aromatic amines is 1. The molecule has 0 aliphatic rings. The first-order valence-electron chi connectivity index (χ1n) is 8.38. The molecule has 146 valence electrons. The van der Waals surface area contributed by atoms with E-state index in [-0.39, 0.29) is 44.5 Å². The maximum atomic E-state index is 13.3. The fourth-order valence-corrected chi connectivity index (χ4v) is 3.29. The fraction of sp³-hybridized carbons (Fsp3) is 0.0500. The molecule has 4 aromatic rings. The minimum atomic E-state index is -1.68. The van der Waals surface area contributed by atoms with Crippen LogP contribution in [0, 0.1) is 5.82 Å². The van der Waals surface area contributed by atoms with E-state index in [1.807, 2.05) is 0 Å². The number of hydrogen-bond acceptors (Lipinski definition) is 5. The molecule has 4 rings (SSSR count). The number of aromatic hydroxyl groups is 1. The number of aliphatic carboxylic acids is 1. The third-order valence-electron chi connectivity index (χ3n) is 4.59. The smallest absolute Gasteiger partial charge is 0.377 e. The molecular formula is C20H13FN2O6. The standard InChI is InChI=1S/C20H13FN2O6/c1-22-19(26)14-10-6-12(24)15-13(11(7-23-15)16(25)20(27)28)18(10)29-17(14)8-2-4-9(21)5-3-8/h2-7,23-24H,1H3,(H,22,26)(H,27,28). The van der Waals surface area contributed by atoms with Crippen molar-refractivity contribution in [2.75, 3.05) is 7.05 Å². The SMILES string of the molecule is CNC(=O)c1c(-c2ccc(F)cc2)oc2c1cc(O)c1[nH]cc(C(=O)C(=O)O)c12. The van der Waals surface area contributed by atoms with Gasteiger partial charge in [-0.15, -0.1) is 0 Å². The molecule has 9 heteroatoms. The van der Waals surface area contributed by atoms with E-state index in [0.29, 0.717) is 5.56 Å². The number of carbonyl (C=O) groups is 3. The Kier molecular flexibility index (Phi) is 4.08. The van der Waals surface area contributed by atoms with Crippen LogP contribution in [-0.2, 0) is 4.79 Å². The van der Waals surface area contributed by atoms with Crippen LogP contribution in [0.4, 0.5) is 4.39 Å². The maximum Gasteiger partial charge on any atom is 0.377 e. The number of fused-ring (bicyclic) bond motifs is 3. The van der Waals surface area contributed by atoms with Crippen molar-refractivity contribution in [3.63, 3.8) is 0 Å². The van der Waals surface area contributed by atoms with Crippen LogP contribution in [0.2, 0.25) is 0 Å². The lowest BCUT2D eigenvalue weighted by atomic mass is 10.0. The zero-order chi connectivity index (χ0) is 20.9. The minimum Gasteiger partial charge on any atom is -0.506 e. The molecule has 4 N–H and O–H groups in total. The Hall–Kier alpha value is -4.14. The molecule has 0 aliphatic heterocycles. The summed E-state index contributed by atoms with van der Waals surface area (Å²) in [4.78, 5) is 38.5. The first kappa shape index (κ1) is 18.2. The van der Waals surface area contributed by atoms with Crippen molar-refractivity contribution in [2.24, 2.45) is 0 Å². The predicted octanol–water partition coefficient (Wildman–Crippen LogP) is 3.05. The summed E-state index contributed by atoms with van der Waals surface area (Å²) in [5.41, 5.74) is 0.347. The molecule has 0 spiro atoms. The monoisotopic (exact) mass is 396 g/mol. The number of benzene rings is 2. The van der Waals surface area contributed by atoms with Crippen LogP contribution in [0.3, 0.4) is 0 Å². The van der Waals surface area contributed by atoms with E-state index in [9.17, 15) is 23.9 Å². The van der Waals surface area contributed by atoms with Gasteiger partial charge in [-0.25, -0.2) is 9.18 Å². The summed E-state index contributed by atoms with van der Waals surface area (Å²) >= 11 is 0. The van der Waals surface area contributed by atoms with Gasteiger partial charge in [-0.1, -0.05) is 0 Å². The molecule has 2 heterocycles. The van der Waals surface area contributed by atoms with Gasteiger partial charge in [-0.2, -0.15) is 0 Å². The second kappa shape index (κ2) is 6.48. The van der Waals surface area contributed by atoms with Gasteiger partial charge in [0.1, 0.15) is 22.9 Å². The van der Waals surface area contributed by atoms with Gasteiger partial charge >= 0.3 is 5.97 Å². The molecule has 0 fully saturated rings. The Labute approximate surface area is 161 Å². The van der Waals surface area contributed by atoms with Crippen LogP contribution < -0.4 is 5.32 Å². The normalized spacial score (nSPS) is 11.1. The average molecular weight is 396 g/mol. The summed E-state index contributed by atoms with van der Waals surface area (Å²) in [6.07, 6.45) is 1.15. The van der Waals surface area contributed by atoms with Crippen molar-refractivity contribution >= 4 is 39.5 Å². The van der Waals surface area contributed by atoms with Gasteiger partial charge in [0.25, 0.3) is 11.7 Å². The number of carboxylic acids is 1. The summed E-state index contributed by atoms with van der Waals surface area (Å²) in [5.74, 6) is -4.12. The van der Waals surface area contributed by atoms with Gasteiger partial charge in [-0.05, 0) is 30.3 Å². The first-order chi connectivity index (χ1) is 13.8. The molecule has 29 heavy (non-hydrogen) atoms. The highest BCUT2D eigenvalue weighted by Crippen LogP contribution is 2.41. The quantitative estimate of drug-likeness (QED) is 0.310. The second-order valence-corrected chi connectivity index (χ2v) is 6.25. The highest BCUT2D eigenvalue weighted by Gasteiger charge is 2.28. The van der Waals surface area contributed by atoms with Crippen LogP contribution in [0.15, 0.2) is 40.9 Å². The Morgan fingerprint density at radius 3 is 2.48 bits per heavy atom. The molecule has 2 aromatic heterocycles. The molecule has 0 unspecified atom stereocenters. The van der Waals surface area contributed by atoms with Gasteiger partial charge in [0, 0.05) is 24.2 Å². The van der Waals surface area contributed by atoms with Crippen LogP contribution >= 0.6 is 0 Å². The number of phenolic OH excluding ortho intramolecular Hbond substituents is 1. The summed E-state index contributed by atoms with van der Waals surface area (Å²) in [7, 11) is 1.41. The van der Waals surface area contributed by atoms with Crippen LogP contribution in [0.5, 0.6) is 5.75 Å². The highest BCUT2D eigenvalue weighted by atomic mass is 19.1. The number of carboxylic acid groups (broad SMARTS) is 1. The summed E-state index contributed by atoms with van der Waals surface area (Å²) in [6, 6.07) is 6.50. The van der Waals surface area contributed by atoms with Crippen LogP contribution in [0.25, 0.3) is 33.2 Å². The number of phenols is 1. The molecule has 0 saturated heterocycles. The Balaban J connectivity index is 2.15. The highest BCUT2D eigenvalue weighted by molar-refractivity contribution is 6.43. The number of aromatic nitrogens is 1. The van der Waals surface area contributed by atoms with Gasteiger partial charge in [0.05, 0.1) is 22.0 Å². The largest absolute Gasteiger partial charge is 0.506 e.